The molecule has 1 heterocycles. The molecule has 1 aliphatic rings. The molecule has 0 bridgehead atoms. The summed E-state index contributed by atoms with van der Waals surface area (Å²) < 4.78 is 4.89. The fraction of sp³-hybridized carbons (Fsp3) is 0.625. The molecule has 0 aliphatic carbocycles. The maximum Gasteiger partial charge on any atom is 0.320 e. The molecule has 0 saturated heterocycles. The molecule has 0 fully saturated rings. The topological polar surface area (TPSA) is 26.3 Å². The third kappa shape index (κ3) is 0.939. The number of esters is 1. The molecule has 2 heteroatoms. The van der Waals surface area contributed by atoms with Crippen LogP contribution in [0.4, 0.5) is 0 Å². The first-order chi connectivity index (χ1) is 4.58. The van der Waals surface area contributed by atoms with Gasteiger partial charge in [0.25, 0.3) is 0 Å². The molecule has 1 unspecified atom stereocenters. The highest BCUT2D eigenvalue weighted by molar-refractivity contribution is 5.82. The van der Waals surface area contributed by atoms with Gasteiger partial charge in [-0.15, -0.1) is 0 Å². The first kappa shape index (κ1) is 7.32. The molecule has 56 valence electrons. The monoisotopic (exact) mass is 140 g/mol. The standard InChI is InChI=1S/C8H12O2/c1-4-8(3)5-6(2)10-7(8)9/h5H,4H2,1-3H3. The molecule has 0 saturated carbocycles. The number of rotatable bonds is 1. The van der Waals surface area contributed by atoms with Gasteiger partial charge in [-0.2, -0.15) is 0 Å². The Morgan fingerprint density at radius 2 is 2.30 bits per heavy atom. The Hall–Kier alpha value is -0.790. The third-order valence-electron chi connectivity index (χ3n) is 1.98. The largest absolute Gasteiger partial charge is 0.431 e. The van der Waals surface area contributed by atoms with Crippen molar-refractivity contribution >= 4 is 5.97 Å². The second kappa shape index (κ2) is 2.11. The molecule has 0 aromatic rings. The van der Waals surface area contributed by atoms with Crippen LogP contribution in [-0.4, -0.2) is 5.97 Å². The Kier molecular flexibility index (Phi) is 1.55. The summed E-state index contributed by atoms with van der Waals surface area (Å²) in [5.74, 6) is 0.613. The Balaban J connectivity index is 2.87. The Labute approximate surface area is 60.9 Å². The molecule has 1 rings (SSSR count). The van der Waals surface area contributed by atoms with Crippen molar-refractivity contribution in [1.29, 1.82) is 0 Å². The minimum Gasteiger partial charge on any atom is -0.431 e. The molecule has 10 heavy (non-hydrogen) atoms. The van der Waals surface area contributed by atoms with E-state index in [0.29, 0.717) is 0 Å². The smallest absolute Gasteiger partial charge is 0.320 e. The van der Waals surface area contributed by atoms with Crippen LogP contribution in [0.1, 0.15) is 27.2 Å². The van der Waals surface area contributed by atoms with Crippen LogP contribution in [0.5, 0.6) is 0 Å². The first-order valence-corrected chi connectivity index (χ1v) is 3.50. The molecule has 0 aromatic heterocycles. The molecule has 0 aromatic carbocycles. The van der Waals surface area contributed by atoms with Crippen LogP contribution in [0.15, 0.2) is 11.8 Å². The van der Waals surface area contributed by atoms with Crippen molar-refractivity contribution in [3.63, 3.8) is 0 Å². The number of hydrogen-bond acceptors (Lipinski definition) is 2. The number of carbonyl (C=O) groups is 1. The van der Waals surface area contributed by atoms with Crippen LogP contribution in [-0.2, 0) is 9.53 Å². The summed E-state index contributed by atoms with van der Waals surface area (Å²) in [5, 5.41) is 0. The summed E-state index contributed by atoms with van der Waals surface area (Å²) in [6.07, 6.45) is 2.69. The minimum absolute atomic E-state index is 0.118. The van der Waals surface area contributed by atoms with Crippen molar-refractivity contribution in [2.24, 2.45) is 5.41 Å². The maximum absolute atomic E-state index is 11.1. The number of carbonyl (C=O) groups excluding carboxylic acids is 1. The van der Waals surface area contributed by atoms with E-state index in [4.69, 9.17) is 4.74 Å². The van der Waals surface area contributed by atoms with E-state index in [1.807, 2.05) is 19.9 Å². The van der Waals surface area contributed by atoms with Crippen molar-refractivity contribution < 1.29 is 9.53 Å². The Bertz CT molecular complexity index is 193. The first-order valence-electron chi connectivity index (χ1n) is 3.50. The van der Waals surface area contributed by atoms with Crippen molar-refractivity contribution in [2.75, 3.05) is 0 Å². The zero-order valence-corrected chi connectivity index (χ0v) is 6.60. The number of ether oxygens (including phenoxy) is 1. The second-order valence-corrected chi connectivity index (χ2v) is 2.92. The number of cyclic esters (lactones) is 1. The Morgan fingerprint density at radius 1 is 1.70 bits per heavy atom. The lowest BCUT2D eigenvalue weighted by molar-refractivity contribution is -0.144. The Morgan fingerprint density at radius 3 is 2.50 bits per heavy atom. The summed E-state index contributed by atoms with van der Waals surface area (Å²) in [6.45, 7) is 5.68. The van der Waals surface area contributed by atoms with Crippen LogP contribution < -0.4 is 0 Å². The quantitative estimate of drug-likeness (QED) is 0.520. The van der Waals surface area contributed by atoms with E-state index in [1.165, 1.54) is 0 Å². The number of hydrogen-bond donors (Lipinski definition) is 0. The van der Waals surface area contributed by atoms with E-state index in [2.05, 4.69) is 0 Å². The zero-order valence-electron chi connectivity index (χ0n) is 6.60. The molecule has 1 aliphatic heterocycles. The normalized spacial score (nSPS) is 31.9. The van der Waals surface area contributed by atoms with Crippen LogP contribution in [0.2, 0.25) is 0 Å². The summed E-state index contributed by atoms with van der Waals surface area (Å²) in [4.78, 5) is 11.1. The molecule has 0 radical (unpaired) electrons. The van der Waals surface area contributed by atoms with Gasteiger partial charge in [0.15, 0.2) is 0 Å². The van der Waals surface area contributed by atoms with E-state index in [9.17, 15) is 4.79 Å². The van der Waals surface area contributed by atoms with Gasteiger partial charge < -0.3 is 4.74 Å². The van der Waals surface area contributed by atoms with Gasteiger partial charge in [-0.25, -0.2) is 0 Å². The molecule has 0 spiro atoms. The van der Waals surface area contributed by atoms with E-state index in [1.54, 1.807) is 6.92 Å². The van der Waals surface area contributed by atoms with E-state index < -0.39 is 0 Å². The van der Waals surface area contributed by atoms with Crippen LogP contribution in [0.3, 0.4) is 0 Å². The van der Waals surface area contributed by atoms with Crippen molar-refractivity contribution in [2.45, 2.75) is 27.2 Å². The van der Waals surface area contributed by atoms with Gasteiger partial charge in [0, 0.05) is 0 Å². The summed E-state index contributed by atoms with van der Waals surface area (Å²) >= 11 is 0. The SMILES string of the molecule is CCC1(C)C=C(C)OC1=O. The molecule has 0 amide bonds. The third-order valence-corrected chi connectivity index (χ3v) is 1.98. The summed E-state index contributed by atoms with van der Waals surface area (Å²) in [5.41, 5.74) is -0.357. The van der Waals surface area contributed by atoms with Gasteiger partial charge in [-0.1, -0.05) is 6.92 Å². The van der Waals surface area contributed by atoms with Crippen LogP contribution in [0.25, 0.3) is 0 Å². The maximum atomic E-state index is 11.1. The fourth-order valence-corrected chi connectivity index (χ4v) is 1.05. The van der Waals surface area contributed by atoms with Crippen molar-refractivity contribution in [3.8, 4) is 0 Å². The highest BCUT2D eigenvalue weighted by Gasteiger charge is 2.36. The molecular formula is C8H12O2. The summed E-state index contributed by atoms with van der Waals surface area (Å²) in [7, 11) is 0. The lowest BCUT2D eigenvalue weighted by Gasteiger charge is -2.12. The van der Waals surface area contributed by atoms with Gasteiger partial charge in [-0.05, 0) is 26.3 Å². The molecular weight excluding hydrogens is 128 g/mol. The van der Waals surface area contributed by atoms with E-state index in [0.717, 1.165) is 12.2 Å². The van der Waals surface area contributed by atoms with Gasteiger partial charge in [-0.3, -0.25) is 4.79 Å². The second-order valence-electron chi connectivity index (χ2n) is 2.92. The lowest BCUT2D eigenvalue weighted by atomic mass is 9.89. The van der Waals surface area contributed by atoms with Gasteiger partial charge >= 0.3 is 5.97 Å². The lowest BCUT2D eigenvalue weighted by Crippen LogP contribution is -2.20. The number of allylic oxidation sites excluding steroid dienone is 1. The average Bonchev–Trinajstić information content (AvgIpc) is 2.09. The average molecular weight is 140 g/mol. The van der Waals surface area contributed by atoms with Crippen LogP contribution in [0, 0.1) is 5.41 Å². The molecule has 0 N–H and O–H groups in total. The predicted molar refractivity (Wildman–Crippen MR) is 38.2 cm³/mol. The van der Waals surface area contributed by atoms with Gasteiger partial charge in [0.1, 0.15) is 5.76 Å². The molecule has 1 atom stereocenters. The van der Waals surface area contributed by atoms with Crippen molar-refractivity contribution in [1.82, 2.24) is 0 Å². The minimum atomic E-state index is -0.357. The van der Waals surface area contributed by atoms with Gasteiger partial charge in [0.05, 0.1) is 5.41 Å². The van der Waals surface area contributed by atoms with Gasteiger partial charge in [0.2, 0.25) is 0 Å². The summed E-state index contributed by atoms with van der Waals surface area (Å²) in [6, 6.07) is 0. The van der Waals surface area contributed by atoms with Crippen LogP contribution >= 0.6 is 0 Å². The molecule has 2 nitrogen and oxygen atoms in total. The van der Waals surface area contributed by atoms with E-state index >= 15 is 0 Å². The fourth-order valence-electron chi connectivity index (χ4n) is 1.05. The highest BCUT2D eigenvalue weighted by atomic mass is 16.5. The van der Waals surface area contributed by atoms with Crippen molar-refractivity contribution in [3.05, 3.63) is 11.8 Å². The predicted octanol–water partition coefficient (Wildman–Crippen LogP) is 1.86. The highest BCUT2D eigenvalue weighted by Crippen LogP contribution is 2.32. The zero-order chi connectivity index (χ0) is 7.78. The van der Waals surface area contributed by atoms with E-state index in [-0.39, 0.29) is 11.4 Å².